The van der Waals surface area contributed by atoms with Crippen LogP contribution >= 0.6 is 12.6 Å². The predicted molar refractivity (Wildman–Crippen MR) is 91.2 cm³/mol. The Hall–Kier alpha value is -1.81. The summed E-state index contributed by atoms with van der Waals surface area (Å²) in [6.45, 7) is 3.64. The van der Waals surface area contributed by atoms with Gasteiger partial charge in [-0.05, 0) is 18.8 Å². The van der Waals surface area contributed by atoms with Crippen LogP contribution in [0.1, 0.15) is 33.1 Å². The first-order chi connectivity index (χ1) is 11.1. The Balaban J connectivity index is 5.02. The Morgan fingerprint density at radius 1 is 1.08 bits per heavy atom. The molecule has 0 spiro atoms. The van der Waals surface area contributed by atoms with Crippen LogP contribution in [0.2, 0.25) is 0 Å². The van der Waals surface area contributed by atoms with Crippen molar-refractivity contribution >= 4 is 36.3 Å². The predicted octanol–water partition coefficient (Wildman–Crippen LogP) is -1.39. The first kappa shape index (κ1) is 22.2. The monoisotopic (exact) mass is 362 g/mol. The molecule has 7 N–H and O–H groups in total. The first-order valence-electron chi connectivity index (χ1n) is 7.56. The van der Waals surface area contributed by atoms with E-state index in [0.717, 1.165) is 0 Å². The molecule has 0 saturated heterocycles. The van der Waals surface area contributed by atoms with Gasteiger partial charge >= 0.3 is 5.97 Å². The largest absolute Gasteiger partial charge is 0.480 e. The van der Waals surface area contributed by atoms with Gasteiger partial charge in [-0.1, -0.05) is 13.8 Å². The van der Waals surface area contributed by atoms with Crippen LogP contribution in [-0.2, 0) is 19.2 Å². The van der Waals surface area contributed by atoms with E-state index in [0.29, 0.717) is 0 Å². The van der Waals surface area contributed by atoms with Crippen molar-refractivity contribution in [1.29, 1.82) is 0 Å². The summed E-state index contributed by atoms with van der Waals surface area (Å²) in [5, 5.41) is 13.9. The van der Waals surface area contributed by atoms with E-state index in [2.05, 4.69) is 23.3 Å². The number of hydrogen-bond donors (Lipinski definition) is 6. The summed E-state index contributed by atoms with van der Waals surface area (Å²) in [6, 6.07) is -3.13. The van der Waals surface area contributed by atoms with Gasteiger partial charge in [0.1, 0.15) is 12.1 Å². The van der Waals surface area contributed by atoms with Crippen LogP contribution in [-0.4, -0.2) is 52.7 Å². The lowest BCUT2D eigenvalue weighted by Crippen LogP contribution is -2.55. The molecule has 138 valence electrons. The number of carbonyl (C=O) groups is 4. The van der Waals surface area contributed by atoms with E-state index >= 15 is 0 Å². The van der Waals surface area contributed by atoms with Gasteiger partial charge in [-0.2, -0.15) is 12.6 Å². The topological polar surface area (TPSA) is 165 Å². The minimum atomic E-state index is -1.18. The Morgan fingerprint density at radius 2 is 1.62 bits per heavy atom. The average Bonchev–Trinajstić information content (AvgIpc) is 2.48. The minimum absolute atomic E-state index is 0.0441. The lowest BCUT2D eigenvalue weighted by molar-refractivity contribution is -0.142. The van der Waals surface area contributed by atoms with Gasteiger partial charge in [0.15, 0.2) is 0 Å². The number of rotatable bonds is 11. The quantitative estimate of drug-likeness (QED) is 0.248. The van der Waals surface area contributed by atoms with Gasteiger partial charge in [-0.25, -0.2) is 4.79 Å². The molecular weight excluding hydrogens is 336 g/mol. The van der Waals surface area contributed by atoms with Gasteiger partial charge in [0.05, 0.1) is 6.04 Å². The number of carbonyl (C=O) groups excluding carboxylic acids is 3. The van der Waals surface area contributed by atoms with Crippen molar-refractivity contribution in [3.63, 3.8) is 0 Å². The lowest BCUT2D eigenvalue weighted by atomic mass is 10.0. The minimum Gasteiger partial charge on any atom is -0.480 e. The number of aliphatic carboxylic acids is 1. The Morgan fingerprint density at radius 3 is 2.04 bits per heavy atom. The number of primary amides is 1. The highest BCUT2D eigenvalue weighted by Crippen LogP contribution is 2.07. The zero-order chi connectivity index (χ0) is 18.9. The fourth-order valence-electron chi connectivity index (χ4n) is 1.88. The number of carboxylic acids is 1. The third-order valence-electron chi connectivity index (χ3n) is 3.17. The fourth-order valence-corrected chi connectivity index (χ4v) is 2.05. The van der Waals surface area contributed by atoms with Gasteiger partial charge < -0.3 is 27.2 Å². The molecule has 0 bridgehead atoms. The number of nitrogens with two attached hydrogens (primary N) is 2. The van der Waals surface area contributed by atoms with E-state index in [1.807, 2.05) is 13.8 Å². The normalized spacial score (nSPS) is 14.5. The van der Waals surface area contributed by atoms with Gasteiger partial charge in [0.2, 0.25) is 17.7 Å². The molecule has 0 aromatic carbocycles. The summed E-state index contributed by atoms with van der Waals surface area (Å²) in [5.41, 5.74) is 10.6. The van der Waals surface area contributed by atoms with Crippen LogP contribution < -0.4 is 22.1 Å². The summed E-state index contributed by atoms with van der Waals surface area (Å²) in [6.07, 6.45) is 0.0321. The highest BCUT2D eigenvalue weighted by Gasteiger charge is 2.28. The van der Waals surface area contributed by atoms with Crippen molar-refractivity contribution in [1.82, 2.24) is 10.6 Å². The molecule has 0 fully saturated rings. The molecular formula is C14H26N4O5S. The molecule has 0 heterocycles. The van der Waals surface area contributed by atoms with Gasteiger partial charge in [0, 0.05) is 12.2 Å². The number of hydrogen-bond acceptors (Lipinski definition) is 6. The molecule has 0 aliphatic heterocycles. The highest BCUT2D eigenvalue weighted by molar-refractivity contribution is 7.80. The molecule has 3 unspecified atom stereocenters. The summed E-state index contributed by atoms with van der Waals surface area (Å²) in [4.78, 5) is 46.3. The molecule has 0 rings (SSSR count). The maximum Gasteiger partial charge on any atom is 0.326 e. The summed E-state index contributed by atoms with van der Waals surface area (Å²) >= 11 is 3.90. The van der Waals surface area contributed by atoms with Crippen LogP contribution in [0.25, 0.3) is 0 Å². The van der Waals surface area contributed by atoms with Crippen molar-refractivity contribution in [2.24, 2.45) is 17.4 Å². The third-order valence-corrected chi connectivity index (χ3v) is 3.56. The van der Waals surface area contributed by atoms with Gasteiger partial charge in [-0.15, -0.1) is 0 Å². The molecule has 0 aliphatic carbocycles. The van der Waals surface area contributed by atoms with Crippen molar-refractivity contribution in [3.05, 3.63) is 0 Å². The second kappa shape index (κ2) is 10.9. The number of carboxylic acid groups (broad SMARTS) is 1. The zero-order valence-electron chi connectivity index (χ0n) is 13.8. The van der Waals surface area contributed by atoms with Crippen molar-refractivity contribution in [2.75, 3.05) is 5.75 Å². The van der Waals surface area contributed by atoms with Crippen LogP contribution in [0.3, 0.4) is 0 Å². The molecule has 9 nitrogen and oxygen atoms in total. The van der Waals surface area contributed by atoms with Crippen LogP contribution in [0.5, 0.6) is 0 Å². The summed E-state index contributed by atoms with van der Waals surface area (Å²) < 4.78 is 0. The number of thiol groups is 1. The van der Waals surface area contributed by atoms with Gasteiger partial charge in [0.25, 0.3) is 0 Å². The van der Waals surface area contributed by atoms with Gasteiger partial charge in [-0.3, -0.25) is 14.4 Å². The number of nitrogens with one attached hydrogen (secondary N) is 2. The molecule has 0 saturated carbocycles. The average molecular weight is 362 g/mol. The fraction of sp³-hybridized carbons (Fsp3) is 0.714. The highest BCUT2D eigenvalue weighted by atomic mass is 32.1. The summed E-state index contributed by atoms with van der Waals surface area (Å²) in [5.74, 6) is -3.03. The molecule has 0 aromatic heterocycles. The van der Waals surface area contributed by atoms with E-state index < -0.39 is 41.8 Å². The van der Waals surface area contributed by atoms with Crippen LogP contribution in [0.15, 0.2) is 0 Å². The van der Waals surface area contributed by atoms with Crippen LogP contribution in [0, 0.1) is 5.92 Å². The second-order valence-electron chi connectivity index (χ2n) is 5.88. The lowest BCUT2D eigenvalue weighted by Gasteiger charge is -2.23. The molecule has 0 radical (unpaired) electrons. The van der Waals surface area contributed by atoms with Crippen LogP contribution in [0.4, 0.5) is 0 Å². The van der Waals surface area contributed by atoms with Crippen molar-refractivity contribution < 1.29 is 24.3 Å². The Bertz CT molecular complexity index is 472. The summed E-state index contributed by atoms with van der Waals surface area (Å²) in [7, 11) is 0. The van der Waals surface area contributed by atoms with E-state index in [1.165, 1.54) is 0 Å². The molecule has 0 aromatic rings. The van der Waals surface area contributed by atoms with Crippen molar-refractivity contribution in [3.8, 4) is 0 Å². The standard InChI is InChI=1S/C14H26N4O5S/c1-7(2)5-10(14(22)23)18-13(21)9(3-4-11(16)19)17-12(20)8(15)6-24/h7-10,24H,3-6,15H2,1-2H3,(H2,16,19)(H,17,20)(H,18,21)(H,22,23). The van der Waals surface area contributed by atoms with E-state index in [4.69, 9.17) is 11.5 Å². The molecule has 3 amide bonds. The third kappa shape index (κ3) is 8.73. The molecule has 0 aliphatic rings. The second-order valence-corrected chi connectivity index (χ2v) is 6.25. The smallest absolute Gasteiger partial charge is 0.326 e. The molecule has 24 heavy (non-hydrogen) atoms. The maximum atomic E-state index is 12.3. The Labute approximate surface area is 146 Å². The van der Waals surface area contributed by atoms with E-state index in [9.17, 15) is 24.3 Å². The van der Waals surface area contributed by atoms with E-state index in [-0.39, 0.29) is 30.9 Å². The number of amides is 3. The Kier molecular flexibility index (Phi) is 10.0. The molecule has 10 heteroatoms. The first-order valence-corrected chi connectivity index (χ1v) is 8.20. The van der Waals surface area contributed by atoms with Crippen molar-refractivity contribution in [2.45, 2.75) is 51.2 Å². The SMILES string of the molecule is CC(C)CC(NC(=O)C(CCC(N)=O)NC(=O)C(N)CS)C(=O)O. The maximum absolute atomic E-state index is 12.3. The molecule has 3 atom stereocenters. The van der Waals surface area contributed by atoms with E-state index in [1.54, 1.807) is 0 Å². The zero-order valence-corrected chi connectivity index (χ0v) is 14.7.